The van der Waals surface area contributed by atoms with Crippen molar-refractivity contribution >= 4 is 5.70 Å². The lowest BCUT2D eigenvalue weighted by atomic mass is 9.88. The summed E-state index contributed by atoms with van der Waals surface area (Å²) in [6.45, 7) is 19.1. The quantitative estimate of drug-likeness (QED) is 0.417. The molecule has 1 aromatic heterocycles. The van der Waals surface area contributed by atoms with Crippen molar-refractivity contribution in [2.45, 2.75) is 52.4 Å². The third kappa shape index (κ3) is 5.09. The molecule has 0 saturated carbocycles. The fraction of sp³-hybridized carbons (Fsp3) is 0.364. The summed E-state index contributed by atoms with van der Waals surface area (Å²) in [7, 11) is 0. The number of rotatable bonds is 5. The lowest BCUT2D eigenvalue weighted by Gasteiger charge is -2.35. The minimum absolute atomic E-state index is 0.574. The maximum Gasteiger partial charge on any atom is 0.138 e. The van der Waals surface area contributed by atoms with E-state index in [1.54, 1.807) is 0 Å². The van der Waals surface area contributed by atoms with Crippen LogP contribution in [0.1, 0.15) is 64.9 Å². The van der Waals surface area contributed by atoms with Crippen LogP contribution in [0.3, 0.4) is 0 Å². The van der Waals surface area contributed by atoms with Gasteiger partial charge in [0, 0.05) is 72.8 Å². The smallest absolute Gasteiger partial charge is 0.138 e. The van der Waals surface area contributed by atoms with Crippen LogP contribution in [0.15, 0.2) is 55.3 Å². The Hall–Kier alpha value is -3.71. The van der Waals surface area contributed by atoms with E-state index in [2.05, 4.69) is 91.0 Å². The highest BCUT2D eigenvalue weighted by atomic mass is 15.1. The van der Waals surface area contributed by atoms with Gasteiger partial charge in [-0.3, -0.25) is 0 Å². The van der Waals surface area contributed by atoms with Gasteiger partial charge in [-0.1, -0.05) is 37.3 Å². The predicted molar refractivity (Wildman–Crippen MR) is 154 cm³/mol. The summed E-state index contributed by atoms with van der Waals surface area (Å²) in [6.07, 6.45) is 9.69. The average Bonchev–Trinajstić information content (AvgIpc) is 3.20. The molecule has 4 heteroatoms. The van der Waals surface area contributed by atoms with Gasteiger partial charge in [-0.25, -0.2) is 4.98 Å². The number of nitrogens with zero attached hydrogens (tertiary/aromatic N) is 3. The molecule has 1 fully saturated rings. The second-order valence-corrected chi connectivity index (χ2v) is 10.7. The normalized spacial score (nSPS) is 16.2. The van der Waals surface area contributed by atoms with E-state index in [-0.39, 0.29) is 0 Å². The van der Waals surface area contributed by atoms with Crippen LogP contribution < -0.4 is 0 Å². The summed E-state index contributed by atoms with van der Waals surface area (Å²) in [5.41, 5.74) is 11.9. The second kappa shape index (κ2) is 10.3. The number of hydrogen-bond acceptors (Lipinski definition) is 3. The number of benzene rings is 2. The lowest BCUT2D eigenvalue weighted by molar-refractivity contribution is 0.299. The Bertz CT molecular complexity index is 1340. The topological polar surface area (TPSA) is 35.2 Å². The number of fused-ring (bicyclic) bond motifs is 1. The molecule has 0 unspecified atom stereocenters. The Kier molecular flexibility index (Phi) is 6.98. The van der Waals surface area contributed by atoms with Crippen LogP contribution >= 0.6 is 0 Å². The summed E-state index contributed by atoms with van der Waals surface area (Å²) >= 11 is 0. The van der Waals surface area contributed by atoms with E-state index < -0.39 is 0 Å². The van der Waals surface area contributed by atoms with Crippen LogP contribution in [-0.2, 0) is 12.8 Å². The molecular weight excluding hydrogens is 452 g/mol. The maximum absolute atomic E-state index is 5.52. The molecule has 1 N–H and O–H groups in total. The Labute approximate surface area is 222 Å². The molecule has 0 radical (unpaired) electrons. The number of H-pyrrole nitrogens is 1. The first kappa shape index (κ1) is 25.0. The molecule has 2 aromatic carbocycles. The van der Waals surface area contributed by atoms with Crippen molar-refractivity contribution in [2.75, 3.05) is 26.2 Å². The highest BCUT2D eigenvalue weighted by molar-refractivity contribution is 5.73. The van der Waals surface area contributed by atoms with Gasteiger partial charge >= 0.3 is 0 Å². The SMILES string of the molecule is C#Cc1ccc(C2CCN(C(=C)c3cc(-c4nc5c([nH]4)CCN(C(=C)C)CC5)c(C)cc3C)CC2)cc1. The number of likely N-dealkylation sites (tertiary alicyclic amines) is 1. The molecule has 4 nitrogen and oxygen atoms in total. The van der Waals surface area contributed by atoms with E-state index in [1.165, 1.54) is 39.2 Å². The Morgan fingerprint density at radius 1 is 0.973 bits per heavy atom. The van der Waals surface area contributed by atoms with E-state index in [0.717, 1.165) is 74.6 Å². The number of terminal acetylenes is 1. The first-order valence-corrected chi connectivity index (χ1v) is 13.4. The number of aryl methyl sites for hydroxylation is 2. The zero-order chi connectivity index (χ0) is 26.1. The van der Waals surface area contributed by atoms with Crippen molar-refractivity contribution in [1.82, 2.24) is 19.8 Å². The van der Waals surface area contributed by atoms with Crippen molar-refractivity contribution in [3.8, 4) is 23.7 Å². The van der Waals surface area contributed by atoms with E-state index >= 15 is 0 Å². The molecular formula is C33H38N4. The molecule has 3 aromatic rings. The molecule has 2 aliphatic heterocycles. The van der Waals surface area contributed by atoms with E-state index in [1.807, 2.05) is 0 Å². The summed E-state index contributed by atoms with van der Waals surface area (Å²) in [6, 6.07) is 13.1. The number of nitrogens with one attached hydrogen (secondary N) is 1. The molecule has 1 saturated heterocycles. The molecule has 190 valence electrons. The third-order valence-electron chi connectivity index (χ3n) is 8.22. The first-order valence-electron chi connectivity index (χ1n) is 13.4. The molecule has 2 aliphatic rings. The van der Waals surface area contributed by atoms with Gasteiger partial charge in [0.25, 0.3) is 0 Å². The van der Waals surface area contributed by atoms with Gasteiger partial charge in [0.1, 0.15) is 5.82 Å². The van der Waals surface area contributed by atoms with Gasteiger partial charge in [-0.15, -0.1) is 6.42 Å². The van der Waals surface area contributed by atoms with Crippen LogP contribution in [0.4, 0.5) is 0 Å². The summed E-state index contributed by atoms with van der Waals surface area (Å²) in [5.74, 6) is 4.27. The van der Waals surface area contributed by atoms with E-state index in [4.69, 9.17) is 11.4 Å². The zero-order valence-electron chi connectivity index (χ0n) is 22.5. The Morgan fingerprint density at radius 3 is 2.35 bits per heavy atom. The second-order valence-electron chi connectivity index (χ2n) is 10.7. The van der Waals surface area contributed by atoms with Crippen molar-refractivity contribution in [2.24, 2.45) is 0 Å². The van der Waals surface area contributed by atoms with Crippen molar-refractivity contribution in [3.63, 3.8) is 0 Å². The fourth-order valence-corrected chi connectivity index (χ4v) is 5.89. The highest BCUT2D eigenvalue weighted by Crippen LogP contribution is 2.35. The number of piperidine rings is 1. The molecule has 0 atom stereocenters. The molecule has 0 spiro atoms. The fourth-order valence-electron chi connectivity index (χ4n) is 5.89. The zero-order valence-corrected chi connectivity index (χ0v) is 22.5. The number of hydrogen-bond donors (Lipinski definition) is 1. The van der Waals surface area contributed by atoms with Crippen LogP contribution in [0.5, 0.6) is 0 Å². The Balaban J connectivity index is 1.32. The monoisotopic (exact) mass is 490 g/mol. The largest absolute Gasteiger partial charge is 0.375 e. The molecule has 5 rings (SSSR count). The molecule has 0 amide bonds. The number of imidazole rings is 1. The standard InChI is InChI=1S/C33H38N4/c1-7-26-8-10-27(11-9-26)28-12-16-37(17-13-28)25(6)29-21-30(24(5)20-23(29)4)33-34-31-14-18-36(22(2)3)19-15-32(31)35-33/h1,8-11,20-21,28H,2,6,12-19H2,3-5H3,(H,34,35). The maximum atomic E-state index is 5.52. The van der Waals surface area contributed by atoms with Crippen molar-refractivity contribution in [1.29, 1.82) is 0 Å². The summed E-state index contributed by atoms with van der Waals surface area (Å²) in [5, 5.41) is 0. The van der Waals surface area contributed by atoms with Gasteiger partial charge in [0.15, 0.2) is 0 Å². The van der Waals surface area contributed by atoms with Gasteiger partial charge in [-0.2, -0.15) is 0 Å². The van der Waals surface area contributed by atoms with Gasteiger partial charge in [-0.05, 0) is 74.4 Å². The first-order chi connectivity index (χ1) is 17.8. The number of aromatic amines is 1. The minimum Gasteiger partial charge on any atom is -0.375 e. The van der Waals surface area contributed by atoms with E-state index in [0.29, 0.717) is 5.92 Å². The minimum atomic E-state index is 0.574. The van der Waals surface area contributed by atoms with Crippen LogP contribution in [0.25, 0.3) is 17.1 Å². The van der Waals surface area contributed by atoms with Crippen LogP contribution in [-0.4, -0.2) is 45.9 Å². The molecule has 0 aliphatic carbocycles. The van der Waals surface area contributed by atoms with Crippen LogP contribution in [0, 0.1) is 26.2 Å². The molecule has 0 bridgehead atoms. The highest BCUT2D eigenvalue weighted by Gasteiger charge is 2.24. The van der Waals surface area contributed by atoms with Gasteiger partial charge in [0.05, 0.1) is 5.69 Å². The molecule has 37 heavy (non-hydrogen) atoms. The van der Waals surface area contributed by atoms with E-state index in [9.17, 15) is 0 Å². The summed E-state index contributed by atoms with van der Waals surface area (Å²) < 4.78 is 0. The third-order valence-corrected chi connectivity index (χ3v) is 8.22. The summed E-state index contributed by atoms with van der Waals surface area (Å²) in [4.78, 5) is 13.5. The van der Waals surface area contributed by atoms with Crippen molar-refractivity contribution in [3.05, 3.63) is 94.5 Å². The Morgan fingerprint density at radius 2 is 1.68 bits per heavy atom. The van der Waals surface area contributed by atoms with Gasteiger partial charge in [0.2, 0.25) is 0 Å². The van der Waals surface area contributed by atoms with Crippen molar-refractivity contribution < 1.29 is 0 Å². The lowest BCUT2D eigenvalue weighted by Crippen LogP contribution is -2.31. The average molecular weight is 491 g/mol. The number of allylic oxidation sites excluding steroid dienone is 1. The predicted octanol–water partition coefficient (Wildman–Crippen LogP) is 6.46. The molecule has 3 heterocycles. The van der Waals surface area contributed by atoms with Gasteiger partial charge < -0.3 is 14.8 Å². The van der Waals surface area contributed by atoms with Crippen LogP contribution in [0.2, 0.25) is 0 Å². The number of aromatic nitrogens is 2.